The van der Waals surface area contributed by atoms with Gasteiger partial charge in [-0.1, -0.05) is 66.7 Å². The Balaban J connectivity index is 1.58. The SMILES string of the molecule is COc1ccc(CCNC(=O)C(CCCc2ccccc2)c2ccccc2)cc1OC. The Kier molecular flexibility index (Phi) is 8.53. The first-order valence-corrected chi connectivity index (χ1v) is 10.8. The first-order chi connectivity index (χ1) is 15.2. The molecule has 0 aromatic heterocycles. The summed E-state index contributed by atoms with van der Waals surface area (Å²) in [6.45, 7) is 0.580. The van der Waals surface area contributed by atoms with Crippen LogP contribution in [0.2, 0.25) is 0 Å². The summed E-state index contributed by atoms with van der Waals surface area (Å²) in [7, 11) is 3.25. The van der Waals surface area contributed by atoms with Crippen molar-refractivity contribution in [1.82, 2.24) is 5.32 Å². The fourth-order valence-electron chi connectivity index (χ4n) is 3.78. The van der Waals surface area contributed by atoms with Crippen molar-refractivity contribution in [2.75, 3.05) is 20.8 Å². The Morgan fingerprint density at radius 3 is 2.16 bits per heavy atom. The summed E-state index contributed by atoms with van der Waals surface area (Å²) in [5, 5.41) is 3.13. The molecule has 0 spiro atoms. The third-order valence-corrected chi connectivity index (χ3v) is 5.48. The van der Waals surface area contributed by atoms with Crippen molar-refractivity contribution in [2.45, 2.75) is 31.6 Å². The number of aryl methyl sites for hydroxylation is 1. The molecule has 3 aromatic carbocycles. The molecule has 162 valence electrons. The van der Waals surface area contributed by atoms with Crippen LogP contribution in [0.15, 0.2) is 78.9 Å². The van der Waals surface area contributed by atoms with Gasteiger partial charge in [-0.2, -0.15) is 0 Å². The second-order valence-corrected chi connectivity index (χ2v) is 7.57. The maximum atomic E-state index is 13.0. The number of hydrogen-bond donors (Lipinski definition) is 1. The van der Waals surface area contributed by atoms with E-state index in [1.165, 1.54) is 5.56 Å². The number of methoxy groups -OCH3 is 2. The Morgan fingerprint density at radius 2 is 1.48 bits per heavy atom. The number of amides is 1. The quantitative estimate of drug-likeness (QED) is 0.468. The van der Waals surface area contributed by atoms with Gasteiger partial charge in [0.2, 0.25) is 5.91 Å². The molecule has 0 aliphatic heterocycles. The highest BCUT2D eigenvalue weighted by atomic mass is 16.5. The second kappa shape index (κ2) is 11.8. The first-order valence-electron chi connectivity index (χ1n) is 10.8. The predicted molar refractivity (Wildman–Crippen MR) is 125 cm³/mol. The molecule has 0 radical (unpaired) electrons. The lowest BCUT2D eigenvalue weighted by atomic mass is 9.91. The summed E-state index contributed by atoms with van der Waals surface area (Å²) in [5.74, 6) is 1.35. The highest BCUT2D eigenvalue weighted by Crippen LogP contribution is 2.28. The molecule has 4 heteroatoms. The molecule has 0 fully saturated rings. The third kappa shape index (κ3) is 6.61. The van der Waals surface area contributed by atoms with Crippen LogP contribution in [-0.4, -0.2) is 26.7 Å². The lowest BCUT2D eigenvalue weighted by molar-refractivity contribution is -0.122. The van der Waals surface area contributed by atoms with E-state index in [1.54, 1.807) is 14.2 Å². The summed E-state index contributed by atoms with van der Waals surface area (Å²) in [5.41, 5.74) is 3.47. The molecular weight excluding hydrogens is 386 g/mol. The standard InChI is InChI=1S/C27H31NO3/c1-30-25-17-16-22(20-26(25)31-2)18-19-28-27(29)24(23-13-7-4-8-14-23)15-9-12-21-10-5-3-6-11-21/h3-8,10-11,13-14,16-17,20,24H,9,12,15,18-19H2,1-2H3,(H,28,29). The van der Waals surface area contributed by atoms with E-state index in [4.69, 9.17) is 9.47 Å². The number of carbonyl (C=O) groups is 1. The Bertz CT molecular complexity index is 941. The number of rotatable bonds is 11. The van der Waals surface area contributed by atoms with E-state index in [-0.39, 0.29) is 11.8 Å². The van der Waals surface area contributed by atoms with E-state index in [0.29, 0.717) is 18.0 Å². The summed E-state index contributed by atoms with van der Waals surface area (Å²) >= 11 is 0. The van der Waals surface area contributed by atoms with Crippen molar-refractivity contribution in [1.29, 1.82) is 0 Å². The highest BCUT2D eigenvalue weighted by molar-refractivity contribution is 5.83. The van der Waals surface area contributed by atoms with Crippen LogP contribution < -0.4 is 14.8 Å². The monoisotopic (exact) mass is 417 g/mol. The van der Waals surface area contributed by atoms with Crippen molar-refractivity contribution in [2.24, 2.45) is 0 Å². The van der Waals surface area contributed by atoms with Gasteiger partial charge in [-0.25, -0.2) is 0 Å². The normalized spacial score (nSPS) is 11.5. The van der Waals surface area contributed by atoms with Gasteiger partial charge >= 0.3 is 0 Å². The van der Waals surface area contributed by atoms with Crippen molar-refractivity contribution in [3.8, 4) is 11.5 Å². The molecule has 0 saturated heterocycles. The van der Waals surface area contributed by atoms with Gasteiger partial charge in [0.05, 0.1) is 20.1 Å². The molecule has 1 atom stereocenters. The van der Waals surface area contributed by atoms with Crippen molar-refractivity contribution in [3.63, 3.8) is 0 Å². The maximum Gasteiger partial charge on any atom is 0.227 e. The molecule has 0 bridgehead atoms. The van der Waals surface area contributed by atoms with E-state index in [0.717, 1.165) is 36.8 Å². The van der Waals surface area contributed by atoms with Crippen LogP contribution in [0.4, 0.5) is 0 Å². The molecule has 1 amide bonds. The third-order valence-electron chi connectivity index (χ3n) is 5.48. The maximum absolute atomic E-state index is 13.0. The molecule has 1 N–H and O–H groups in total. The minimum Gasteiger partial charge on any atom is -0.493 e. The Morgan fingerprint density at radius 1 is 0.806 bits per heavy atom. The summed E-state index contributed by atoms with van der Waals surface area (Å²) < 4.78 is 10.7. The number of nitrogens with one attached hydrogen (secondary N) is 1. The Hall–Kier alpha value is -3.27. The summed E-state index contributed by atoms with van der Waals surface area (Å²) in [6.07, 6.45) is 3.49. The lowest BCUT2D eigenvalue weighted by Crippen LogP contribution is -2.31. The molecule has 0 aliphatic rings. The van der Waals surface area contributed by atoms with Crippen LogP contribution in [0.3, 0.4) is 0 Å². The smallest absolute Gasteiger partial charge is 0.227 e. The van der Waals surface area contributed by atoms with Crippen molar-refractivity contribution < 1.29 is 14.3 Å². The van der Waals surface area contributed by atoms with Gasteiger partial charge in [0.15, 0.2) is 11.5 Å². The van der Waals surface area contributed by atoms with E-state index in [2.05, 4.69) is 29.6 Å². The topological polar surface area (TPSA) is 47.6 Å². The number of ether oxygens (including phenoxy) is 2. The van der Waals surface area contributed by atoms with Gasteiger partial charge in [0.1, 0.15) is 0 Å². The minimum atomic E-state index is -0.143. The van der Waals surface area contributed by atoms with Crippen LogP contribution in [0.1, 0.15) is 35.4 Å². The highest BCUT2D eigenvalue weighted by Gasteiger charge is 2.20. The van der Waals surface area contributed by atoms with Crippen LogP contribution in [0, 0.1) is 0 Å². The largest absolute Gasteiger partial charge is 0.493 e. The number of hydrogen-bond acceptors (Lipinski definition) is 3. The summed E-state index contributed by atoms with van der Waals surface area (Å²) in [6, 6.07) is 26.3. The van der Waals surface area contributed by atoms with Crippen molar-refractivity contribution >= 4 is 5.91 Å². The lowest BCUT2D eigenvalue weighted by Gasteiger charge is -2.18. The predicted octanol–water partition coefficient (Wildman–Crippen LogP) is 5.17. The molecule has 0 aliphatic carbocycles. The van der Waals surface area contributed by atoms with E-state index in [1.807, 2.05) is 54.6 Å². The van der Waals surface area contributed by atoms with Crippen LogP contribution in [0.25, 0.3) is 0 Å². The molecular formula is C27H31NO3. The molecule has 3 rings (SSSR count). The van der Waals surface area contributed by atoms with Crippen LogP contribution >= 0.6 is 0 Å². The van der Waals surface area contributed by atoms with Gasteiger partial charge in [-0.05, 0) is 54.5 Å². The van der Waals surface area contributed by atoms with Gasteiger partial charge < -0.3 is 14.8 Å². The molecule has 1 unspecified atom stereocenters. The molecule has 3 aromatic rings. The van der Waals surface area contributed by atoms with E-state index < -0.39 is 0 Å². The van der Waals surface area contributed by atoms with E-state index >= 15 is 0 Å². The van der Waals surface area contributed by atoms with Gasteiger partial charge in [0.25, 0.3) is 0 Å². The number of carbonyl (C=O) groups excluding carboxylic acids is 1. The van der Waals surface area contributed by atoms with Gasteiger partial charge in [-0.15, -0.1) is 0 Å². The van der Waals surface area contributed by atoms with Gasteiger partial charge in [0, 0.05) is 6.54 Å². The first kappa shape index (κ1) is 22.4. The van der Waals surface area contributed by atoms with E-state index in [9.17, 15) is 4.79 Å². The van der Waals surface area contributed by atoms with Gasteiger partial charge in [-0.3, -0.25) is 4.79 Å². The van der Waals surface area contributed by atoms with Crippen LogP contribution in [-0.2, 0) is 17.6 Å². The Labute approximate surface area is 185 Å². The van der Waals surface area contributed by atoms with Crippen LogP contribution in [0.5, 0.6) is 11.5 Å². The zero-order valence-electron chi connectivity index (χ0n) is 18.3. The minimum absolute atomic E-state index is 0.0831. The molecule has 31 heavy (non-hydrogen) atoms. The molecule has 0 heterocycles. The average Bonchev–Trinajstić information content (AvgIpc) is 2.82. The number of benzene rings is 3. The summed E-state index contributed by atoms with van der Waals surface area (Å²) in [4.78, 5) is 13.0. The average molecular weight is 418 g/mol. The van der Waals surface area contributed by atoms with Crippen molar-refractivity contribution in [3.05, 3.63) is 95.6 Å². The zero-order valence-corrected chi connectivity index (χ0v) is 18.3. The molecule has 4 nitrogen and oxygen atoms in total. The zero-order chi connectivity index (χ0) is 21.9. The fraction of sp³-hybridized carbons (Fsp3) is 0.296. The second-order valence-electron chi connectivity index (χ2n) is 7.57. The fourth-order valence-corrected chi connectivity index (χ4v) is 3.78. The molecule has 0 saturated carbocycles.